The van der Waals surface area contributed by atoms with Gasteiger partial charge in [-0.2, -0.15) is 0 Å². The average Bonchev–Trinajstić information content (AvgIpc) is 3.26. The van der Waals surface area contributed by atoms with E-state index in [0.717, 1.165) is 17.1 Å². The summed E-state index contributed by atoms with van der Waals surface area (Å²) < 4.78 is 36.0. The summed E-state index contributed by atoms with van der Waals surface area (Å²) in [6.07, 6.45) is 1.50. The number of nitrogens with one attached hydrogen (secondary N) is 1. The Balaban J connectivity index is 1.69. The molecule has 10 heteroatoms. The molecular formula is C15H18N4O5S. The molecule has 2 aromatic rings. The van der Waals surface area contributed by atoms with Gasteiger partial charge >= 0.3 is 6.01 Å². The second-order valence-electron chi connectivity index (χ2n) is 5.71. The molecule has 1 saturated heterocycles. The maximum absolute atomic E-state index is 12.2. The number of amides is 1. The van der Waals surface area contributed by atoms with Crippen molar-refractivity contribution in [2.24, 2.45) is 0 Å². The van der Waals surface area contributed by atoms with Gasteiger partial charge in [0.2, 0.25) is 15.9 Å². The molecule has 1 aromatic heterocycles. The lowest BCUT2D eigenvalue weighted by Gasteiger charge is -2.11. The van der Waals surface area contributed by atoms with Crippen molar-refractivity contribution in [3.63, 3.8) is 0 Å². The molecular weight excluding hydrogens is 348 g/mol. The number of ether oxygens (including phenoxy) is 1. The summed E-state index contributed by atoms with van der Waals surface area (Å²) in [6.45, 7) is 0.650. The molecule has 3 rings (SSSR count). The van der Waals surface area contributed by atoms with Crippen molar-refractivity contribution in [2.75, 3.05) is 26.0 Å². The number of nitrogens with zero attached hydrogens (tertiary/aromatic N) is 3. The molecule has 1 aliphatic rings. The third-order valence-electron chi connectivity index (χ3n) is 3.76. The monoisotopic (exact) mass is 366 g/mol. The third-order valence-corrected chi connectivity index (χ3v) is 5.59. The second kappa shape index (κ2) is 6.90. The summed E-state index contributed by atoms with van der Waals surface area (Å²) in [4.78, 5) is 12.3. The van der Waals surface area contributed by atoms with Gasteiger partial charge in [-0.05, 0) is 37.1 Å². The Kier molecular flexibility index (Phi) is 4.84. The van der Waals surface area contributed by atoms with Crippen molar-refractivity contribution in [1.29, 1.82) is 0 Å². The van der Waals surface area contributed by atoms with Crippen molar-refractivity contribution in [3.05, 3.63) is 35.7 Å². The predicted molar refractivity (Wildman–Crippen MR) is 87.5 cm³/mol. The molecule has 1 amide bonds. The summed E-state index contributed by atoms with van der Waals surface area (Å²) in [5, 5.41) is 10.1. The second-order valence-corrected chi connectivity index (χ2v) is 7.86. The molecule has 1 N–H and O–H groups in total. The van der Waals surface area contributed by atoms with Crippen molar-refractivity contribution < 1.29 is 22.4 Å². The normalized spacial score (nSPS) is 17.8. The quantitative estimate of drug-likeness (QED) is 0.851. The van der Waals surface area contributed by atoms with Crippen LogP contribution >= 0.6 is 0 Å². The Morgan fingerprint density at radius 2 is 1.96 bits per heavy atom. The van der Waals surface area contributed by atoms with Gasteiger partial charge in [0.1, 0.15) is 6.10 Å². The van der Waals surface area contributed by atoms with Crippen molar-refractivity contribution >= 4 is 21.9 Å². The maximum atomic E-state index is 12.2. The number of sulfonamides is 1. The molecule has 0 saturated carbocycles. The highest BCUT2D eigenvalue weighted by Gasteiger charge is 2.24. The van der Waals surface area contributed by atoms with Crippen LogP contribution in [0.1, 0.15) is 35.2 Å². The minimum atomic E-state index is -3.54. The Hall–Kier alpha value is -2.30. The molecule has 9 nitrogen and oxygen atoms in total. The van der Waals surface area contributed by atoms with E-state index in [1.165, 1.54) is 38.4 Å². The number of carbonyl (C=O) groups is 1. The fourth-order valence-corrected chi connectivity index (χ4v) is 3.25. The van der Waals surface area contributed by atoms with Crippen molar-refractivity contribution in [1.82, 2.24) is 14.5 Å². The molecule has 134 valence electrons. The molecule has 1 fully saturated rings. The number of hydrogen-bond donors (Lipinski definition) is 1. The molecule has 0 aliphatic carbocycles. The molecule has 0 unspecified atom stereocenters. The molecule has 0 bridgehead atoms. The predicted octanol–water partition coefficient (Wildman–Crippen LogP) is 1.42. The fourth-order valence-electron chi connectivity index (χ4n) is 2.35. The molecule has 1 aliphatic heterocycles. The zero-order chi connectivity index (χ0) is 18.0. The molecule has 25 heavy (non-hydrogen) atoms. The lowest BCUT2D eigenvalue weighted by Crippen LogP contribution is -2.22. The first kappa shape index (κ1) is 17.5. The third kappa shape index (κ3) is 3.70. The Morgan fingerprint density at radius 1 is 1.24 bits per heavy atom. The van der Waals surface area contributed by atoms with Crippen LogP contribution in [0.25, 0.3) is 0 Å². The SMILES string of the molecule is CN(C)S(=O)(=O)c1ccc(C(=O)Nc2nnc([C@H]3CCCO3)o2)cc1. The van der Waals surface area contributed by atoms with E-state index in [0.29, 0.717) is 12.5 Å². The van der Waals surface area contributed by atoms with E-state index in [1.54, 1.807) is 0 Å². The van der Waals surface area contributed by atoms with Gasteiger partial charge in [0.25, 0.3) is 5.91 Å². The van der Waals surface area contributed by atoms with Crippen LogP contribution in [0.5, 0.6) is 0 Å². The van der Waals surface area contributed by atoms with E-state index in [2.05, 4.69) is 15.5 Å². The number of benzene rings is 1. The van der Waals surface area contributed by atoms with Crippen LogP contribution in [0.2, 0.25) is 0 Å². The van der Waals surface area contributed by atoms with Crippen LogP contribution in [0.4, 0.5) is 6.01 Å². The van der Waals surface area contributed by atoms with E-state index in [1.807, 2.05) is 0 Å². The molecule has 0 radical (unpaired) electrons. The zero-order valence-electron chi connectivity index (χ0n) is 13.8. The first-order chi connectivity index (χ1) is 11.9. The van der Waals surface area contributed by atoms with E-state index in [-0.39, 0.29) is 22.6 Å². The summed E-state index contributed by atoms with van der Waals surface area (Å²) in [6, 6.07) is 5.55. The number of aromatic nitrogens is 2. The largest absolute Gasteiger partial charge is 0.405 e. The van der Waals surface area contributed by atoms with Gasteiger partial charge in [-0.15, -0.1) is 5.10 Å². The molecule has 1 aromatic carbocycles. The van der Waals surface area contributed by atoms with Gasteiger partial charge in [-0.3, -0.25) is 10.1 Å². The lowest BCUT2D eigenvalue weighted by atomic mass is 10.2. The van der Waals surface area contributed by atoms with Gasteiger partial charge in [0.15, 0.2) is 0 Å². The van der Waals surface area contributed by atoms with Crippen molar-refractivity contribution in [3.8, 4) is 0 Å². The van der Waals surface area contributed by atoms with E-state index in [4.69, 9.17) is 9.15 Å². The molecule has 1 atom stereocenters. The minimum absolute atomic E-state index is 0.0273. The van der Waals surface area contributed by atoms with Gasteiger partial charge in [-0.25, -0.2) is 12.7 Å². The average molecular weight is 366 g/mol. The maximum Gasteiger partial charge on any atom is 0.322 e. The summed E-state index contributed by atoms with van der Waals surface area (Å²) >= 11 is 0. The van der Waals surface area contributed by atoms with Crippen LogP contribution in [-0.4, -0.2) is 49.5 Å². The smallest absolute Gasteiger partial charge is 0.322 e. The van der Waals surface area contributed by atoms with E-state index in [9.17, 15) is 13.2 Å². The van der Waals surface area contributed by atoms with Gasteiger partial charge < -0.3 is 9.15 Å². The zero-order valence-corrected chi connectivity index (χ0v) is 14.6. The molecule has 0 spiro atoms. The number of rotatable bonds is 5. The number of carbonyl (C=O) groups excluding carboxylic acids is 1. The van der Waals surface area contributed by atoms with Crippen LogP contribution in [0.15, 0.2) is 33.6 Å². The Morgan fingerprint density at radius 3 is 2.56 bits per heavy atom. The van der Waals surface area contributed by atoms with Gasteiger partial charge in [0, 0.05) is 26.3 Å². The highest BCUT2D eigenvalue weighted by atomic mass is 32.2. The highest BCUT2D eigenvalue weighted by Crippen LogP contribution is 2.28. The molecule has 2 heterocycles. The summed E-state index contributed by atoms with van der Waals surface area (Å²) in [5.41, 5.74) is 0.273. The fraction of sp³-hybridized carbons (Fsp3) is 0.400. The summed E-state index contributed by atoms with van der Waals surface area (Å²) in [7, 11) is -0.654. The van der Waals surface area contributed by atoms with Crippen LogP contribution in [0, 0.1) is 0 Å². The number of anilines is 1. The first-order valence-electron chi connectivity index (χ1n) is 7.67. The Bertz CT molecular complexity index is 854. The Labute approximate surface area is 145 Å². The van der Waals surface area contributed by atoms with Crippen LogP contribution < -0.4 is 5.32 Å². The van der Waals surface area contributed by atoms with Crippen LogP contribution in [-0.2, 0) is 14.8 Å². The van der Waals surface area contributed by atoms with Gasteiger partial charge in [0.05, 0.1) is 4.90 Å². The summed E-state index contributed by atoms with van der Waals surface area (Å²) in [5.74, 6) is -0.142. The van der Waals surface area contributed by atoms with Crippen molar-refractivity contribution in [2.45, 2.75) is 23.8 Å². The lowest BCUT2D eigenvalue weighted by molar-refractivity contribution is 0.0893. The minimum Gasteiger partial charge on any atom is -0.405 e. The standard InChI is InChI=1S/C15H18N4O5S/c1-19(2)25(21,22)11-7-5-10(6-8-11)13(20)16-15-18-17-14(24-15)12-4-3-9-23-12/h5-8,12H,3-4,9H2,1-2H3,(H,16,18,20)/t12-/m1/s1. The van der Waals surface area contributed by atoms with E-state index < -0.39 is 15.9 Å². The number of hydrogen-bond acceptors (Lipinski definition) is 7. The van der Waals surface area contributed by atoms with Crippen LogP contribution in [0.3, 0.4) is 0 Å². The van der Waals surface area contributed by atoms with Gasteiger partial charge in [-0.1, -0.05) is 5.10 Å². The first-order valence-corrected chi connectivity index (χ1v) is 9.11. The van der Waals surface area contributed by atoms with E-state index >= 15 is 0 Å². The topological polar surface area (TPSA) is 115 Å². The highest BCUT2D eigenvalue weighted by molar-refractivity contribution is 7.89.